The van der Waals surface area contributed by atoms with Crippen molar-refractivity contribution in [2.24, 2.45) is 11.8 Å². The van der Waals surface area contributed by atoms with Crippen molar-refractivity contribution in [3.8, 4) is 0 Å². The Labute approximate surface area is 149 Å². The van der Waals surface area contributed by atoms with Crippen molar-refractivity contribution >= 4 is 29.4 Å². The highest BCUT2D eigenvalue weighted by Crippen LogP contribution is 2.40. The summed E-state index contributed by atoms with van der Waals surface area (Å²) in [7, 11) is 0. The maximum absolute atomic E-state index is 12.7. The number of hydrogen-bond donors (Lipinski definition) is 1. The van der Waals surface area contributed by atoms with Gasteiger partial charge in [-0.1, -0.05) is 43.2 Å². The lowest BCUT2D eigenvalue weighted by atomic mass is 9.81. The summed E-state index contributed by atoms with van der Waals surface area (Å²) in [6, 6.07) is 9.22. The van der Waals surface area contributed by atoms with E-state index in [1.807, 2.05) is 30.3 Å². The first kappa shape index (κ1) is 16.4. The van der Waals surface area contributed by atoms with E-state index in [0.717, 1.165) is 23.3 Å². The summed E-state index contributed by atoms with van der Waals surface area (Å²) < 4.78 is 4.70. The van der Waals surface area contributed by atoms with Gasteiger partial charge in [0.25, 0.3) is 0 Å². The van der Waals surface area contributed by atoms with Crippen molar-refractivity contribution in [1.29, 1.82) is 0 Å². The Morgan fingerprint density at radius 1 is 1.08 bits per heavy atom. The third-order valence-electron chi connectivity index (χ3n) is 4.99. The summed E-state index contributed by atoms with van der Waals surface area (Å²) in [5.41, 5.74) is 0.836. The van der Waals surface area contributed by atoms with Crippen LogP contribution in [-0.2, 0) is 20.8 Å². The van der Waals surface area contributed by atoms with Crippen LogP contribution in [-0.4, -0.2) is 28.0 Å². The molecule has 1 saturated carbocycles. The van der Waals surface area contributed by atoms with Gasteiger partial charge < -0.3 is 5.32 Å². The number of hydrogen-bond acceptors (Lipinski definition) is 6. The first-order valence-electron chi connectivity index (χ1n) is 8.69. The molecule has 0 unspecified atom stereocenters. The van der Waals surface area contributed by atoms with E-state index in [1.54, 1.807) is 0 Å². The second-order valence-corrected chi connectivity index (χ2v) is 6.66. The van der Waals surface area contributed by atoms with Gasteiger partial charge in [0, 0.05) is 0 Å². The number of amides is 3. The van der Waals surface area contributed by atoms with Crippen LogP contribution in [0.5, 0.6) is 0 Å². The number of aromatic nitrogens is 2. The molecular weight excluding hydrogens is 336 g/mol. The molecule has 1 N–H and O–H groups in total. The molecule has 0 spiro atoms. The molecule has 3 amide bonds. The molecule has 1 aromatic carbocycles. The number of imide groups is 1. The number of fused-ring (bicyclic) bond motifs is 1. The number of rotatable bonds is 4. The molecule has 8 nitrogen and oxygen atoms in total. The summed E-state index contributed by atoms with van der Waals surface area (Å²) in [5, 5.41) is 9.95. The minimum absolute atomic E-state index is 0.00808. The predicted octanol–water partition coefficient (Wildman–Crippen LogP) is 1.93. The molecule has 2 aliphatic rings. The number of anilines is 2. The van der Waals surface area contributed by atoms with Gasteiger partial charge in [-0.05, 0) is 28.7 Å². The first-order valence-corrected chi connectivity index (χ1v) is 8.69. The minimum atomic E-state index is -0.329. The normalized spacial score (nSPS) is 22.4. The van der Waals surface area contributed by atoms with Crippen molar-refractivity contribution in [3.05, 3.63) is 35.9 Å². The number of carbonyl (C=O) groups excluding carboxylic acids is 3. The lowest BCUT2D eigenvalue weighted by molar-refractivity contribution is -0.122. The Morgan fingerprint density at radius 2 is 1.73 bits per heavy atom. The average molecular weight is 354 g/mol. The Kier molecular flexibility index (Phi) is 4.24. The third kappa shape index (κ3) is 2.87. The first-order chi connectivity index (χ1) is 12.6. The fourth-order valence-corrected chi connectivity index (χ4v) is 3.74. The van der Waals surface area contributed by atoms with Crippen LogP contribution in [0.15, 0.2) is 35.0 Å². The smallest absolute Gasteiger partial charge is 0.239 e. The standard InChI is InChI=1S/C18H18N4O4/c23-14(10-11-6-2-1-3-7-11)19-15-16(21-26-20-15)22-17(24)12-8-4-5-9-13(12)18(22)25/h1-3,6-7,12-13H,4-5,8-10H2,(H,19,20,23)/t12-,13-/m1/s1. The number of nitrogens with one attached hydrogen (secondary N) is 1. The van der Waals surface area contributed by atoms with Gasteiger partial charge in [0.1, 0.15) is 0 Å². The monoisotopic (exact) mass is 354 g/mol. The highest BCUT2D eigenvalue weighted by atomic mass is 16.6. The summed E-state index contributed by atoms with van der Waals surface area (Å²) in [5.74, 6) is -1.55. The van der Waals surface area contributed by atoms with E-state index >= 15 is 0 Å². The van der Waals surface area contributed by atoms with E-state index < -0.39 is 0 Å². The zero-order valence-electron chi connectivity index (χ0n) is 14.1. The molecule has 1 aromatic heterocycles. The summed E-state index contributed by atoms with van der Waals surface area (Å²) >= 11 is 0. The summed E-state index contributed by atoms with van der Waals surface area (Å²) in [6.45, 7) is 0. The molecule has 2 aromatic rings. The topological polar surface area (TPSA) is 105 Å². The minimum Gasteiger partial charge on any atom is -0.304 e. The summed E-state index contributed by atoms with van der Waals surface area (Å²) in [6.07, 6.45) is 3.41. The molecule has 2 fully saturated rings. The highest BCUT2D eigenvalue weighted by molar-refractivity contribution is 6.22. The van der Waals surface area contributed by atoms with E-state index in [9.17, 15) is 14.4 Å². The lowest BCUT2D eigenvalue weighted by Crippen LogP contribution is -2.32. The Balaban J connectivity index is 1.52. The van der Waals surface area contributed by atoms with Gasteiger partial charge in [0.05, 0.1) is 18.3 Å². The van der Waals surface area contributed by atoms with Crippen LogP contribution in [0.1, 0.15) is 31.2 Å². The van der Waals surface area contributed by atoms with Gasteiger partial charge in [-0.2, -0.15) is 0 Å². The average Bonchev–Trinajstić information content (AvgIpc) is 3.19. The van der Waals surface area contributed by atoms with E-state index in [4.69, 9.17) is 4.63 Å². The molecule has 0 radical (unpaired) electrons. The van der Waals surface area contributed by atoms with E-state index in [2.05, 4.69) is 15.6 Å². The van der Waals surface area contributed by atoms with Crippen LogP contribution in [0.2, 0.25) is 0 Å². The maximum atomic E-state index is 12.7. The molecule has 134 valence electrons. The molecule has 4 rings (SSSR count). The molecule has 2 atom stereocenters. The Bertz CT molecular complexity index is 824. The predicted molar refractivity (Wildman–Crippen MR) is 91.0 cm³/mol. The van der Waals surface area contributed by atoms with Crippen molar-refractivity contribution < 1.29 is 19.0 Å². The van der Waals surface area contributed by atoms with E-state index in [-0.39, 0.29) is 47.6 Å². The highest BCUT2D eigenvalue weighted by Gasteiger charge is 2.50. The molecule has 26 heavy (non-hydrogen) atoms. The van der Waals surface area contributed by atoms with Crippen LogP contribution in [0.25, 0.3) is 0 Å². The number of carbonyl (C=O) groups is 3. The number of benzene rings is 1. The van der Waals surface area contributed by atoms with Crippen molar-refractivity contribution in [3.63, 3.8) is 0 Å². The fraction of sp³-hybridized carbons (Fsp3) is 0.389. The van der Waals surface area contributed by atoms with Gasteiger partial charge in [-0.15, -0.1) is 0 Å². The van der Waals surface area contributed by atoms with Gasteiger partial charge >= 0.3 is 0 Å². The molecular formula is C18H18N4O4. The molecule has 2 heterocycles. The largest absolute Gasteiger partial charge is 0.304 e. The second-order valence-electron chi connectivity index (χ2n) is 6.66. The van der Waals surface area contributed by atoms with Crippen LogP contribution < -0.4 is 10.2 Å². The third-order valence-corrected chi connectivity index (χ3v) is 4.99. The summed E-state index contributed by atoms with van der Waals surface area (Å²) in [4.78, 5) is 38.6. The van der Waals surface area contributed by atoms with Gasteiger partial charge in [0.15, 0.2) is 0 Å². The number of nitrogens with zero attached hydrogens (tertiary/aromatic N) is 3. The molecule has 1 saturated heterocycles. The van der Waals surface area contributed by atoms with Gasteiger partial charge in [0.2, 0.25) is 29.4 Å². The molecule has 0 bridgehead atoms. The van der Waals surface area contributed by atoms with Crippen LogP contribution in [0.4, 0.5) is 11.6 Å². The Morgan fingerprint density at radius 3 is 2.38 bits per heavy atom. The zero-order chi connectivity index (χ0) is 18.1. The quantitative estimate of drug-likeness (QED) is 0.841. The zero-order valence-corrected chi connectivity index (χ0v) is 14.1. The van der Waals surface area contributed by atoms with Crippen molar-refractivity contribution in [2.75, 3.05) is 10.2 Å². The van der Waals surface area contributed by atoms with E-state index in [0.29, 0.717) is 12.8 Å². The van der Waals surface area contributed by atoms with Gasteiger partial charge in [-0.25, -0.2) is 9.53 Å². The van der Waals surface area contributed by atoms with E-state index in [1.165, 1.54) is 0 Å². The van der Waals surface area contributed by atoms with Crippen LogP contribution in [0.3, 0.4) is 0 Å². The SMILES string of the molecule is O=C(Cc1ccccc1)Nc1nonc1N1C(=O)[C@@H]2CCCC[C@H]2C1=O. The maximum Gasteiger partial charge on any atom is 0.239 e. The second kappa shape index (κ2) is 6.70. The van der Waals surface area contributed by atoms with Gasteiger partial charge in [-0.3, -0.25) is 14.4 Å². The van der Waals surface area contributed by atoms with Crippen molar-refractivity contribution in [2.45, 2.75) is 32.1 Å². The molecule has 1 aliphatic heterocycles. The molecule has 8 heteroatoms. The van der Waals surface area contributed by atoms with Crippen LogP contribution >= 0.6 is 0 Å². The lowest BCUT2D eigenvalue weighted by Gasteiger charge is -2.19. The van der Waals surface area contributed by atoms with Crippen LogP contribution in [0, 0.1) is 11.8 Å². The van der Waals surface area contributed by atoms with Crippen molar-refractivity contribution in [1.82, 2.24) is 10.3 Å². The molecule has 1 aliphatic carbocycles. The Hall–Kier alpha value is -3.03. The fourth-order valence-electron chi connectivity index (χ4n) is 3.74.